The largest absolute Gasteiger partial charge is 0.414 e. The maximum Gasteiger partial charge on any atom is 0.296 e. The molecule has 0 amide bonds. The first-order valence-electron chi connectivity index (χ1n) is 16.6. The molecular formula is C35H53NO7S2Si. The molecular weight excluding hydrogens is 639 g/mol. The zero-order valence-corrected chi connectivity index (χ0v) is 31.2. The average molecular weight is 692 g/mol. The van der Waals surface area contributed by atoms with Gasteiger partial charge in [-0.15, -0.1) is 0 Å². The van der Waals surface area contributed by atoms with Crippen molar-refractivity contribution in [1.29, 1.82) is 0 Å². The summed E-state index contributed by atoms with van der Waals surface area (Å²) in [4.78, 5) is 13.2. The van der Waals surface area contributed by atoms with Crippen molar-refractivity contribution in [3.8, 4) is 0 Å². The monoisotopic (exact) mass is 691 g/mol. The first kappa shape index (κ1) is 36.9. The third-order valence-electron chi connectivity index (χ3n) is 10.8. The quantitative estimate of drug-likeness (QED) is 0.125. The molecule has 0 heterocycles. The summed E-state index contributed by atoms with van der Waals surface area (Å²) >= 11 is 0. The number of fused-ring (bicyclic) bond motifs is 1. The molecule has 0 aliphatic heterocycles. The molecule has 1 N–H and O–H groups in total. The Balaban J connectivity index is 1.51. The third-order valence-corrected chi connectivity index (χ3v) is 18.1. The maximum atomic E-state index is 13.0. The van der Waals surface area contributed by atoms with Gasteiger partial charge >= 0.3 is 0 Å². The van der Waals surface area contributed by atoms with E-state index in [9.17, 15) is 21.6 Å². The van der Waals surface area contributed by atoms with Crippen molar-refractivity contribution in [2.45, 2.75) is 120 Å². The minimum Gasteiger partial charge on any atom is -0.414 e. The van der Waals surface area contributed by atoms with Gasteiger partial charge in [-0.3, -0.25) is 8.98 Å². The van der Waals surface area contributed by atoms with E-state index in [1.165, 1.54) is 0 Å². The van der Waals surface area contributed by atoms with Gasteiger partial charge in [0.1, 0.15) is 5.78 Å². The van der Waals surface area contributed by atoms with Crippen LogP contribution in [-0.4, -0.2) is 50.2 Å². The molecule has 11 heteroatoms. The lowest BCUT2D eigenvalue weighted by atomic mass is 9.60. The minimum atomic E-state index is -3.87. The zero-order valence-electron chi connectivity index (χ0n) is 28.6. The van der Waals surface area contributed by atoms with Crippen LogP contribution in [0.1, 0.15) is 83.3 Å². The smallest absolute Gasteiger partial charge is 0.296 e. The molecule has 2 aromatic rings. The number of carbonyl (C=O) groups excluding carboxylic acids is 1. The normalized spacial score (nSPS) is 24.2. The van der Waals surface area contributed by atoms with Gasteiger partial charge in [0.15, 0.2) is 8.32 Å². The van der Waals surface area contributed by atoms with Crippen LogP contribution in [-0.2, 0) is 33.5 Å². The molecule has 0 unspecified atom stereocenters. The maximum absolute atomic E-state index is 13.0. The summed E-state index contributed by atoms with van der Waals surface area (Å²) in [6.45, 7) is 15.4. The van der Waals surface area contributed by atoms with E-state index in [-0.39, 0.29) is 50.6 Å². The number of hydrogen-bond donors (Lipinski definition) is 1. The Hall–Kier alpha value is -1.89. The Morgan fingerprint density at radius 1 is 0.913 bits per heavy atom. The van der Waals surface area contributed by atoms with Crippen LogP contribution in [0.5, 0.6) is 0 Å². The lowest BCUT2D eigenvalue weighted by Crippen LogP contribution is -2.46. The fraction of sp³-hybridized carbons (Fsp3) is 0.629. The van der Waals surface area contributed by atoms with Gasteiger partial charge in [0.2, 0.25) is 10.0 Å². The molecule has 46 heavy (non-hydrogen) atoms. The van der Waals surface area contributed by atoms with E-state index in [1.807, 2.05) is 13.8 Å². The van der Waals surface area contributed by atoms with Gasteiger partial charge in [0.25, 0.3) is 10.1 Å². The van der Waals surface area contributed by atoms with Gasteiger partial charge in [-0.25, -0.2) is 13.1 Å². The summed E-state index contributed by atoms with van der Waals surface area (Å²) in [7, 11) is -9.66. The highest BCUT2D eigenvalue weighted by Crippen LogP contribution is 2.60. The standard InChI is InChI=1S/C35H53NO7S2Si/c1-26-11-15-30(16-12-26)44(38,39)36-22-8-10-32-33(43-46(6,7)34(3,4)5)25-28-24-29(37)19-21-35(28,32)20-9-23-42-45(40,41)31-17-13-27(2)14-18-31/h11-18,28,32-33,36H,8-10,19-25H2,1-7H3/t28-,32+,33-,35-/m0/s1. The Bertz CT molecular complexity index is 1570. The number of carbonyl (C=O) groups is 1. The summed E-state index contributed by atoms with van der Waals surface area (Å²) in [6, 6.07) is 13.5. The number of nitrogens with one attached hydrogen (secondary N) is 1. The highest BCUT2D eigenvalue weighted by atomic mass is 32.2. The fourth-order valence-electron chi connectivity index (χ4n) is 7.12. The van der Waals surface area contributed by atoms with Crippen molar-refractivity contribution in [3.05, 3.63) is 59.7 Å². The van der Waals surface area contributed by atoms with Crippen molar-refractivity contribution in [2.24, 2.45) is 17.3 Å². The number of aryl methyl sites for hydroxylation is 2. The Labute approximate surface area is 278 Å². The molecule has 2 aromatic carbocycles. The number of rotatable bonds is 14. The zero-order chi connectivity index (χ0) is 34.0. The second-order valence-electron chi connectivity index (χ2n) is 15.0. The van der Waals surface area contributed by atoms with Crippen LogP contribution in [0.2, 0.25) is 18.1 Å². The summed E-state index contributed by atoms with van der Waals surface area (Å²) in [6.07, 6.45) is 5.15. The van der Waals surface area contributed by atoms with Gasteiger partial charge in [-0.1, -0.05) is 56.2 Å². The van der Waals surface area contributed by atoms with Crippen LogP contribution in [0.3, 0.4) is 0 Å². The van der Waals surface area contributed by atoms with Crippen LogP contribution in [0.15, 0.2) is 58.3 Å². The van der Waals surface area contributed by atoms with Gasteiger partial charge in [-0.05, 0) is 112 Å². The Morgan fingerprint density at radius 3 is 2.09 bits per heavy atom. The molecule has 0 bridgehead atoms. The van der Waals surface area contributed by atoms with E-state index in [1.54, 1.807) is 48.5 Å². The van der Waals surface area contributed by atoms with Crippen LogP contribution >= 0.6 is 0 Å². The molecule has 2 aliphatic carbocycles. The SMILES string of the molecule is Cc1ccc(S(=O)(=O)NCCC[C@@H]2[C@@H](O[Si](C)(C)C(C)(C)C)C[C@@H]3CC(=O)CC[C@@]32CCCOS(=O)(=O)c2ccc(C)cc2)cc1. The second-order valence-corrected chi connectivity index (χ2v) is 23.1. The van der Waals surface area contributed by atoms with E-state index in [0.29, 0.717) is 32.2 Å². The highest BCUT2D eigenvalue weighted by molar-refractivity contribution is 7.89. The summed E-state index contributed by atoms with van der Waals surface area (Å²) in [5.41, 5.74) is 1.77. The van der Waals surface area contributed by atoms with E-state index in [4.69, 9.17) is 8.61 Å². The molecule has 8 nitrogen and oxygen atoms in total. The lowest BCUT2D eigenvalue weighted by molar-refractivity contribution is -0.125. The van der Waals surface area contributed by atoms with Crippen LogP contribution in [0.25, 0.3) is 0 Å². The number of Topliss-reactive ketones (excluding diaryl/α,β-unsaturated/α-hetero) is 1. The number of sulfonamides is 1. The molecule has 0 saturated heterocycles. The fourth-order valence-corrected chi connectivity index (χ4v) is 10.5. The number of ketones is 1. The van der Waals surface area contributed by atoms with Crippen LogP contribution in [0.4, 0.5) is 0 Å². The van der Waals surface area contributed by atoms with Crippen molar-refractivity contribution < 1.29 is 30.2 Å². The van der Waals surface area contributed by atoms with Crippen molar-refractivity contribution in [3.63, 3.8) is 0 Å². The average Bonchev–Trinajstić information content (AvgIpc) is 3.24. The first-order valence-corrected chi connectivity index (χ1v) is 22.4. The van der Waals surface area contributed by atoms with Gasteiger partial charge in [0, 0.05) is 25.5 Å². The van der Waals surface area contributed by atoms with E-state index in [0.717, 1.165) is 36.8 Å². The van der Waals surface area contributed by atoms with Crippen molar-refractivity contribution in [2.75, 3.05) is 13.2 Å². The minimum absolute atomic E-state index is 0.0101. The molecule has 0 radical (unpaired) electrons. The van der Waals surface area contributed by atoms with E-state index >= 15 is 0 Å². The first-order chi connectivity index (χ1) is 21.4. The van der Waals surface area contributed by atoms with Gasteiger partial charge < -0.3 is 4.43 Å². The predicted octanol–water partition coefficient (Wildman–Crippen LogP) is 7.31. The second kappa shape index (κ2) is 14.3. The van der Waals surface area contributed by atoms with E-state index in [2.05, 4.69) is 38.6 Å². The topological polar surface area (TPSA) is 116 Å². The third kappa shape index (κ3) is 8.57. The van der Waals surface area contributed by atoms with Gasteiger partial charge in [0.05, 0.1) is 16.4 Å². The van der Waals surface area contributed by atoms with E-state index < -0.39 is 28.5 Å². The van der Waals surface area contributed by atoms with Crippen LogP contribution < -0.4 is 4.72 Å². The van der Waals surface area contributed by atoms with Crippen LogP contribution in [0, 0.1) is 31.1 Å². The Morgan fingerprint density at radius 2 is 1.50 bits per heavy atom. The summed E-state index contributed by atoms with van der Waals surface area (Å²) < 4.78 is 67.1. The molecule has 4 atom stereocenters. The molecule has 256 valence electrons. The number of benzene rings is 2. The highest BCUT2D eigenvalue weighted by Gasteiger charge is 2.57. The molecule has 2 aliphatic rings. The van der Waals surface area contributed by atoms with Crippen molar-refractivity contribution >= 4 is 34.2 Å². The molecule has 0 aromatic heterocycles. The summed E-state index contributed by atoms with van der Waals surface area (Å²) in [5.74, 6) is 0.542. The molecule has 4 rings (SSSR count). The number of hydrogen-bond acceptors (Lipinski definition) is 7. The molecule has 2 saturated carbocycles. The molecule has 0 spiro atoms. The Kier molecular flexibility index (Phi) is 11.5. The molecule has 2 fully saturated rings. The lowest BCUT2D eigenvalue weighted by Gasteiger charge is -2.45. The summed E-state index contributed by atoms with van der Waals surface area (Å²) in [5, 5.41) is 0.0101. The predicted molar refractivity (Wildman–Crippen MR) is 184 cm³/mol. The van der Waals surface area contributed by atoms with Crippen molar-refractivity contribution in [1.82, 2.24) is 4.72 Å². The van der Waals surface area contributed by atoms with Gasteiger partial charge in [-0.2, -0.15) is 8.42 Å².